The number of amides is 2. The zero-order valence-electron chi connectivity index (χ0n) is 14.5. The van der Waals surface area contributed by atoms with Crippen molar-refractivity contribution in [2.45, 2.75) is 26.2 Å². The van der Waals surface area contributed by atoms with E-state index in [9.17, 15) is 9.59 Å². The van der Waals surface area contributed by atoms with Crippen molar-refractivity contribution in [1.29, 1.82) is 0 Å². The van der Waals surface area contributed by atoms with Gasteiger partial charge in [-0.15, -0.1) is 0 Å². The molecule has 1 aromatic rings. The smallest absolute Gasteiger partial charge is 0.231 e. The fourth-order valence-corrected chi connectivity index (χ4v) is 3.02. The third-order valence-electron chi connectivity index (χ3n) is 4.31. The van der Waals surface area contributed by atoms with Gasteiger partial charge in [-0.25, -0.2) is 4.98 Å². The molecular weight excluding hydrogens is 292 g/mol. The Morgan fingerprint density at radius 2 is 2.09 bits per heavy atom. The maximum atomic E-state index is 12.9. The summed E-state index contributed by atoms with van der Waals surface area (Å²) in [4.78, 5) is 34.5. The summed E-state index contributed by atoms with van der Waals surface area (Å²) in [6, 6.07) is 3.73. The van der Waals surface area contributed by atoms with Crippen LogP contribution in [0.25, 0.3) is 0 Å². The average Bonchev–Trinajstić information content (AvgIpc) is 2.59. The van der Waals surface area contributed by atoms with Crippen LogP contribution >= 0.6 is 0 Å². The third kappa shape index (κ3) is 3.81. The van der Waals surface area contributed by atoms with E-state index in [1.54, 1.807) is 18.1 Å². The second kappa shape index (κ2) is 7.44. The maximum absolute atomic E-state index is 12.9. The minimum Gasteiger partial charge on any atom is -0.361 e. The van der Waals surface area contributed by atoms with Crippen LogP contribution in [-0.4, -0.2) is 55.9 Å². The molecule has 0 aliphatic carbocycles. The fraction of sp³-hybridized carbons (Fsp3) is 0.588. The SMILES string of the molecule is CCC(=O)N1CCCC(C(=O)N(C)c2cccnc2N(C)C)C1. The van der Waals surface area contributed by atoms with Crippen molar-refractivity contribution in [3.05, 3.63) is 18.3 Å². The van der Waals surface area contributed by atoms with Crippen molar-refractivity contribution in [2.75, 3.05) is 44.0 Å². The van der Waals surface area contributed by atoms with Crippen LogP contribution in [0.1, 0.15) is 26.2 Å². The molecule has 0 aromatic carbocycles. The van der Waals surface area contributed by atoms with Gasteiger partial charge in [0.05, 0.1) is 11.6 Å². The van der Waals surface area contributed by atoms with Gasteiger partial charge in [-0.1, -0.05) is 6.92 Å². The highest BCUT2D eigenvalue weighted by atomic mass is 16.2. The topological polar surface area (TPSA) is 56.8 Å². The molecule has 126 valence electrons. The molecule has 1 fully saturated rings. The van der Waals surface area contributed by atoms with Crippen LogP contribution in [0.3, 0.4) is 0 Å². The molecule has 1 aliphatic heterocycles. The Morgan fingerprint density at radius 3 is 2.74 bits per heavy atom. The lowest BCUT2D eigenvalue weighted by Gasteiger charge is -2.34. The average molecular weight is 318 g/mol. The van der Waals surface area contributed by atoms with Crippen LogP contribution in [0.4, 0.5) is 11.5 Å². The van der Waals surface area contributed by atoms with Gasteiger partial charge in [0.1, 0.15) is 0 Å². The Kier molecular flexibility index (Phi) is 5.58. The minimum absolute atomic E-state index is 0.0507. The van der Waals surface area contributed by atoms with Gasteiger partial charge in [0.25, 0.3) is 0 Å². The number of carbonyl (C=O) groups is 2. The first kappa shape index (κ1) is 17.2. The zero-order valence-corrected chi connectivity index (χ0v) is 14.5. The Morgan fingerprint density at radius 1 is 1.35 bits per heavy atom. The largest absolute Gasteiger partial charge is 0.361 e. The van der Waals surface area contributed by atoms with Gasteiger partial charge in [-0.3, -0.25) is 9.59 Å². The van der Waals surface area contributed by atoms with Crippen molar-refractivity contribution in [1.82, 2.24) is 9.88 Å². The summed E-state index contributed by atoms with van der Waals surface area (Å²) in [6.45, 7) is 3.14. The minimum atomic E-state index is -0.139. The first-order chi connectivity index (χ1) is 11.0. The van der Waals surface area contributed by atoms with E-state index in [1.165, 1.54) is 0 Å². The zero-order chi connectivity index (χ0) is 17.0. The molecule has 2 amide bonds. The van der Waals surface area contributed by atoms with E-state index in [-0.39, 0.29) is 17.7 Å². The summed E-state index contributed by atoms with van der Waals surface area (Å²) in [6.07, 6.45) is 3.92. The number of nitrogens with zero attached hydrogens (tertiary/aromatic N) is 4. The molecule has 1 atom stereocenters. The molecule has 1 unspecified atom stereocenters. The van der Waals surface area contributed by atoms with Crippen LogP contribution in [0.5, 0.6) is 0 Å². The van der Waals surface area contributed by atoms with E-state index >= 15 is 0 Å². The van der Waals surface area contributed by atoms with Gasteiger partial charge in [0, 0.05) is 46.9 Å². The molecule has 1 aromatic heterocycles. The third-order valence-corrected chi connectivity index (χ3v) is 4.31. The van der Waals surface area contributed by atoms with E-state index in [4.69, 9.17) is 0 Å². The van der Waals surface area contributed by atoms with Crippen LogP contribution in [0, 0.1) is 5.92 Å². The second-order valence-corrected chi connectivity index (χ2v) is 6.17. The summed E-state index contributed by atoms with van der Waals surface area (Å²) in [5.41, 5.74) is 0.793. The highest BCUT2D eigenvalue weighted by molar-refractivity contribution is 5.97. The Balaban J connectivity index is 2.15. The lowest BCUT2D eigenvalue weighted by Crippen LogP contribution is -2.46. The molecule has 23 heavy (non-hydrogen) atoms. The molecule has 6 heteroatoms. The van der Waals surface area contributed by atoms with Crippen LogP contribution in [-0.2, 0) is 9.59 Å². The Labute approximate surface area is 138 Å². The van der Waals surface area contributed by atoms with Crippen LogP contribution < -0.4 is 9.80 Å². The van der Waals surface area contributed by atoms with Gasteiger partial charge in [0.15, 0.2) is 5.82 Å². The van der Waals surface area contributed by atoms with E-state index < -0.39 is 0 Å². The molecule has 1 saturated heterocycles. The lowest BCUT2D eigenvalue weighted by atomic mass is 9.96. The maximum Gasteiger partial charge on any atom is 0.231 e. The number of aromatic nitrogens is 1. The van der Waals surface area contributed by atoms with E-state index in [0.29, 0.717) is 13.0 Å². The number of likely N-dealkylation sites (tertiary alicyclic amines) is 1. The van der Waals surface area contributed by atoms with Gasteiger partial charge >= 0.3 is 0 Å². The first-order valence-electron chi connectivity index (χ1n) is 8.13. The Hall–Kier alpha value is -2.11. The molecule has 0 spiro atoms. The van der Waals surface area contributed by atoms with Crippen LogP contribution in [0.15, 0.2) is 18.3 Å². The molecule has 0 bridgehead atoms. The molecule has 2 heterocycles. The summed E-state index contributed by atoms with van der Waals surface area (Å²) < 4.78 is 0. The van der Waals surface area contributed by atoms with Gasteiger partial charge in [0.2, 0.25) is 11.8 Å². The molecular formula is C17H26N4O2. The fourth-order valence-electron chi connectivity index (χ4n) is 3.02. The number of anilines is 2. The van der Waals surface area contributed by atoms with E-state index in [0.717, 1.165) is 30.9 Å². The molecule has 0 N–H and O–H groups in total. The summed E-state index contributed by atoms with van der Waals surface area (Å²) in [5.74, 6) is 0.801. The highest BCUT2D eigenvalue weighted by Gasteiger charge is 2.30. The second-order valence-electron chi connectivity index (χ2n) is 6.17. The molecule has 0 saturated carbocycles. The van der Waals surface area contributed by atoms with Crippen molar-refractivity contribution in [2.24, 2.45) is 5.92 Å². The Bertz CT molecular complexity index is 573. The summed E-state index contributed by atoms with van der Waals surface area (Å²) >= 11 is 0. The summed E-state index contributed by atoms with van der Waals surface area (Å²) in [5, 5.41) is 0. The van der Waals surface area contributed by atoms with Gasteiger partial charge in [-0.2, -0.15) is 0 Å². The molecule has 2 rings (SSSR count). The van der Waals surface area contributed by atoms with Crippen molar-refractivity contribution >= 4 is 23.3 Å². The predicted molar refractivity (Wildman–Crippen MR) is 91.6 cm³/mol. The number of hydrogen-bond donors (Lipinski definition) is 0. The molecule has 6 nitrogen and oxygen atoms in total. The van der Waals surface area contributed by atoms with E-state index in [1.807, 2.05) is 43.0 Å². The highest BCUT2D eigenvalue weighted by Crippen LogP contribution is 2.27. The number of pyridine rings is 1. The van der Waals surface area contributed by atoms with E-state index in [2.05, 4.69) is 4.98 Å². The van der Waals surface area contributed by atoms with Gasteiger partial charge in [-0.05, 0) is 25.0 Å². The van der Waals surface area contributed by atoms with Crippen LogP contribution in [0.2, 0.25) is 0 Å². The van der Waals surface area contributed by atoms with Gasteiger partial charge < -0.3 is 14.7 Å². The number of carbonyl (C=O) groups excluding carboxylic acids is 2. The van der Waals surface area contributed by atoms with Crippen molar-refractivity contribution < 1.29 is 9.59 Å². The standard InChI is InChI=1S/C17H26N4O2/c1-5-15(22)21-11-7-8-13(12-21)17(23)20(4)14-9-6-10-18-16(14)19(2)3/h6,9-10,13H,5,7-8,11-12H2,1-4H3. The number of piperidine rings is 1. The normalized spacial score (nSPS) is 17.7. The number of rotatable bonds is 4. The molecule has 1 aliphatic rings. The summed E-state index contributed by atoms with van der Waals surface area (Å²) in [7, 11) is 5.60. The molecule has 0 radical (unpaired) electrons. The number of hydrogen-bond acceptors (Lipinski definition) is 4. The quantitative estimate of drug-likeness (QED) is 0.849. The predicted octanol–water partition coefficient (Wildman–Crippen LogP) is 1.76. The monoisotopic (exact) mass is 318 g/mol. The lowest BCUT2D eigenvalue weighted by molar-refractivity contribution is -0.134. The van der Waals surface area contributed by atoms with Crippen molar-refractivity contribution in [3.8, 4) is 0 Å². The van der Waals surface area contributed by atoms with Crippen molar-refractivity contribution in [3.63, 3.8) is 0 Å². The first-order valence-corrected chi connectivity index (χ1v) is 8.13.